The van der Waals surface area contributed by atoms with E-state index in [1.54, 1.807) is 31.4 Å². The molecule has 1 aromatic heterocycles. The van der Waals surface area contributed by atoms with Gasteiger partial charge in [0.2, 0.25) is 0 Å². The van der Waals surface area contributed by atoms with Gasteiger partial charge in [0.15, 0.2) is 5.78 Å². The lowest BCUT2D eigenvalue weighted by Gasteiger charge is -2.42. The SMILES string of the molecule is COc1ccc(C(OCc2ccc3c(c2)OC(C)(C)C2=CCn4c(=O)n(-c5ccc(C(C)=O)cc5)c(=O)n4C23)(c2ccccc2)c2ccccc2)cc1. The first-order valence-electron chi connectivity index (χ1n) is 17.6. The second-order valence-corrected chi connectivity index (χ2v) is 13.9. The molecule has 0 saturated heterocycles. The van der Waals surface area contributed by atoms with Gasteiger partial charge in [0, 0.05) is 11.1 Å². The van der Waals surface area contributed by atoms with E-state index in [1.807, 2.05) is 98.8 Å². The van der Waals surface area contributed by atoms with Gasteiger partial charge in [-0.15, -0.1) is 0 Å². The predicted octanol–water partition coefficient (Wildman–Crippen LogP) is 7.22. The Kier molecular flexibility index (Phi) is 8.38. The molecule has 2 aliphatic heterocycles. The summed E-state index contributed by atoms with van der Waals surface area (Å²) in [5, 5.41) is 0. The third kappa shape index (κ3) is 5.64. The molecule has 1 atom stereocenters. The summed E-state index contributed by atoms with van der Waals surface area (Å²) in [6, 6.07) is 40.2. The molecule has 0 aliphatic carbocycles. The average Bonchev–Trinajstić information content (AvgIpc) is 3.44. The average molecular weight is 706 g/mol. The van der Waals surface area contributed by atoms with Crippen LogP contribution in [0.2, 0.25) is 0 Å². The van der Waals surface area contributed by atoms with Crippen LogP contribution in [0.1, 0.15) is 65.0 Å². The smallest absolute Gasteiger partial charge is 0.352 e. The second-order valence-electron chi connectivity index (χ2n) is 13.9. The van der Waals surface area contributed by atoms with Crippen molar-refractivity contribution in [2.45, 2.75) is 51.2 Å². The van der Waals surface area contributed by atoms with Crippen molar-refractivity contribution in [2.75, 3.05) is 7.11 Å². The zero-order valence-electron chi connectivity index (χ0n) is 30.0. The van der Waals surface area contributed by atoms with Gasteiger partial charge in [-0.2, -0.15) is 0 Å². The van der Waals surface area contributed by atoms with Crippen molar-refractivity contribution in [2.24, 2.45) is 0 Å². The monoisotopic (exact) mass is 705 g/mol. The number of methoxy groups -OCH3 is 1. The zero-order valence-corrected chi connectivity index (χ0v) is 30.0. The van der Waals surface area contributed by atoms with Gasteiger partial charge < -0.3 is 14.2 Å². The number of nitrogens with zero attached hydrogens (tertiary/aromatic N) is 3. The van der Waals surface area contributed by atoms with Crippen LogP contribution in [-0.2, 0) is 23.5 Å². The lowest BCUT2D eigenvalue weighted by molar-refractivity contribution is -0.0000334. The van der Waals surface area contributed by atoms with E-state index in [0.29, 0.717) is 17.0 Å². The van der Waals surface area contributed by atoms with Crippen LogP contribution < -0.4 is 20.9 Å². The predicted molar refractivity (Wildman–Crippen MR) is 202 cm³/mol. The Morgan fingerprint density at radius 3 is 2.04 bits per heavy atom. The first kappa shape index (κ1) is 33.9. The van der Waals surface area contributed by atoms with Gasteiger partial charge in [-0.05, 0) is 91.1 Å². The number of hydrogen-bond acceptors (Lipinski definition) is 6. The number of rotatable bonds is 9. The molecule has 266 valence electrons. The normalized spacial score (nSPS) is 15.7. The topological polar surface area (TPSA) is 93.7 Å². The number of fused-ring (bicyclic) bond motifs is 5. The van der Waals surface area contributed by atoms with Crippen LogP contribution >= 0.6 is 0 Å². The highest BCUT2D eigenvalue weighted by molar-refractivity contribution is 5.94. The van der Waals surface area contributed by atoms with Crippen molar-refractivity contribution >= 4 is 5.78 Å². The van der Waals surface area contributed by atoms with Crippen LogP contribution in [0.25, 0.3) is 5.69 Å². The highest BCUT2D eigenvalue weighted by Crippen LogP contribution is 2.47. The molecule has 0 radical (unpaired) electrons. The van der Waals surface area contributed by atoms with E-state index in [0.717, 1.165) is 43.7 Å². The summed E-state index contributed by atoms with van der Waals surface area (Å²) >= 11 is 0. The van der Waals surface area contributed by atoms with Crippen molar-refractivity contribution in [3.63, 3.8) is 0 Å². The Balaban J connectivity index is 1.20. The fraction of sp³-hybridized carbons (Fsp3) is 0.205. The molecule has 0 N–H and O–H groups in total. The maximum atomic E-state index is 14.2. The molecular formula is C44H39N3O6. The highest BCUT2D eigenvalue weighted by Gasteiger charge is 2.44. The molecule has 0 saturated carbocycles. The van der Waals surface area contributed by atoms with Gasteiger partial charge >= 0.3 is 11.4 Å². The van der Waals surface area contributed by atoms with E-state index >= 15 is 0 Å². The largest absolute Gasteiger partial charge is 0.497 e. The molecule has 5 aromatic carbocycles. The first-order valence-corrected chi connectivity index (χ1v) is 17.6. The Hall–Kier alpha value is -6.19. The summed E-state index contributed by atoms with van der Waals surface area (Å²) in [5.41, 5.74) is 3.69. The summed E-state index contributed by atoms with van der Waals surface area (Å²) in [6.45, 7) is 5.89. The Bertz CT molecular complexity index is 2430. The third-order valence-electron chi connectivity index (χ3n) is 10.4. The van der Waals surface area contributed by atoms with E-state index < -0.39 is 28.6 Å². The van der Waals surface area contributed by atoms with Crippen molar-refractivity contribution in [1.82, 2.24) is 13.9 Å². The maximum Gasteiger partial charge on any atom is 0.352 e. The Labute approximate surface area is 306 Å². The molecule has 53 heavy (non-hydrogen) atoms. The molecule has 0 fully saturated rings. The van der Waals surface area contributed by atoms with Crippen LogP contribution in [0.5, 0.6) is 11.5 Å². The van der Waals surface area contributed by atoms with Crippen molar-refractivity contribution in [3.8, 4) is 17.2 Å². The minimum atomic E-state index is -0.959. The summed E-state index contributed by atoms with van der Waals surface area (Å²) in [6.07, 6.45) is 1.98. The minimum absolute atomic E-state index is 0.0944. The number of Topliss-reactive ketones (excluding diaryl/α,β-unsaturated/α-hetero) is 1. The molecular weight excluding hydrogens is 666 g/mol. The summed E-state index contributed by atoms with van der Waals surface area (Å²) in [7, 11) is 1.65. The van der Waals surface area contributed by atoms with E-state index in [1.165, 1.54) is 16.3 Å². The third-order valence-corrected chi connectivity index (χ3v) is 10.4. The number of benzene rings is 5. The van der Waals surface area contributed by atoms with Crippen molar-refractivity contribution in [1.29, 1.82) is 0 Å². The van der Waals surface area contributed by atoms with Gasteiger partial charge in [0.1, 0.15) is 28.7 Å². The van der Waals surface area contributed by atoms with E-state index in [2.05, 4.69) is 24.3 Å². The van der Waals surface area contributed by atoms with Crippen molar-refractivity contribution < 1.29 is 19.0 Å². The molecule has 0 bridgehead atoms. The first-order chi connectivity index (χ1) is 25.6. The fourth-order valence-corrected chi connectivity index (χ4v) is 7.71. The van der Waals surface area contributed by atoms with Gasteiger partial charge in [0.05, 0.1) is 25.9 Å². The van der Waals surface area contributed by atoms with Gasteiger partial charge in [-0.25, -0.2) is 23.5 Å². The Morgan fingerprint density at radius 2 is 1.43 bits per heavy atom. The van der Waals surface area contributed by atoms with Gasteiger partial charge in [-0.1, -0.05) is 91.0 Å². The lowest BCUT2D eigenvalue weighted by Crippen LogP contribution is -2.46. The van der Waals surface area contributed by atoms with E-state index in [-0.39, 0.29) is 18.9 Å². The molecule has 2 aliphatic rings. The van der Waals surface area contributed by atoms with Crippen LogP contribution in [0.4, 0.5) is 0 Å². The Morgan fingerprint density at radius 1 is 0.811 bits per heavy atom. The number of ketones is 1. The van der Waals surface area contributed by atoms with Gasteiger partial charge in [-0.3, -0.25) is 4.79 Å². The number of carbonyl (C=O) groups is 1. The molecule has 1 unspecified atom stereocenters. The molecule has 6 aromatic rings. The number of ether oxygens (including phenoxy) is 3. The highest BCUT2D eigenvalue weighted by atomic mass is 16.5. The molecule has 0 amide bonds. The number of allylic oxidation sites excluding steroid dienone is 1. The van der Waals surface area contributed by atoms with Crippen LogP contribution in [-0.4, -0.2) is 32.4 Å². The quantitative estimate of drug-likeness (QED) is 0.0896. The van der Waals surface area contributed by atoms with Crippen LogP contribution in [0.15, 0.2) is 149 Å². The summed E-state index contributed by atoms with van der Waals surface area (Å²) in [4.78, 5) is 39.9. The second kappa shape index (κ2) is 13.1. The molecule has 0 spiro atoms. The summed E-state index contributed by atoms with van der Waals surface area (Å²) in [5.74, 6) is 1.27. The zero-order chi connectivity index (χ0) is 36.9. The summed E-state index contributed by atoms with van der Waals surface area (Å²) < 4.78 is 23.5. The lowest BCUT2D eigenvalue weighted by atomic mass is 9.80. The molecule has 3 heterocycles. The number of aromatic nitrogens is 3. The molecule has 9 nitrogen and oxygen atoms in total. The van der Waals surface area contributed by atoms with Crippen molar-refractivity contribution in [3.05, 3.63) is 193 Å². The maximum absolute atomic E-state index is 14.2. The van der Waals surface area contributed by atoms with Crippen LogP contribution in [0, 0.1) is 0 Å². The van der Waals surface area contributed by atoms with E-state index in [4.69, 9.17) is 14.2 Å². The molecule has 8 rings (SSSR count). The minimum Gasteiger partial charge on any atom is -0.497 e. The van der Waals surface area contributed by atoms with Gasteiger partial charge in [0.25, 0.3) is 0 Å². The number of hydrogen-bond donors (Lipinski definition) is 0. The molecule has 9 heteroatoms. The standard InChI is InChI=1S/C44H39N3O6/c1-29(48)31-16-20-35(21-17-31)46-41(49)45-26-25-38-40(47(45)42(46)50)37-24-15-30(27-39(37)53-43(38,2)3)28-52-44(32-11-7-5-8-12-32,33-13-9-6-10-14-33)34-18-22-36(51-4)23-19-34/h5-25,27,40H,26,28H2,1-4H3. The van der Waals surface area contributed by atoms with E-state index in [9.17, 15) is 14.4 Å². The number of carbonyl (C=O) groups excluding carboxylic acids is 1. The van der Waals surface area contributed by atoms with Crippen LogP contribution in [0.3, 0.4) is 0 Å². The fourth-order valence-electron chi connectivity index (χ4n) is 7.71.